The van der Waals surface area contributed by atoms with E-state index in [4.69, 9.17) is 0 Å². The van der Waals surface area contributed by atoms with Crippen LogP contribution >= 0.6 is 0 Å². The first kappa shape index (κ1) is 12.1. The Morgan fingerprint density at radius 3 is 2.39 bits per heavy atom. The lowest BCUT2D eigenvalue weighted by molar-refractivity contribution is -0.658. The van der Waals surface area contributed by atoms with E-state index in [1.165, 1.54) is 18.2 Å². The zero-order valence-electron chi connectivity index (χ0n) is 8.89. The molecule has 1 aromatic rings. The maximum atomic E-state index is 10.9. The maximum absolute atomic E-state index is 10.9. The Morgan fingerprint density at radius 1 is 1.22 bits per heavy atom. The highest BCUT2D eigenvalue weighted by atomic mass is 16.7. The van der Waals surface area contributed by atoms with Crippen LogP contribution in [0, 0.1) is 20.2 Å². The van der Waals surface area contributed by atoms with Crippen molar-refractivity contribution in [3.8, 4) is 0 Å². The smallest absolute Gasteiger partial charge is 0.378 e. The van der Waals surface area contributed by atoms with Crippen molar-refractivity contribution in [1.82, 2.24) is 0 Å². The van der Waals surface area contributed by atoms with Crippen molar-refractivity contribution < 1.29 is 20.1 Å². The van der Waals surface area contributed by atoms with Crippen LogP contribution in [0.3, 0.4) is 0 Å². The third-order valence-corrected chi connectivity index (χ3v) is 2.82. The lowest BCUT2D eigenvalue weighted by atomic mass is 9.86. The molecule has 2 unspecified atom stereocenters. The molecule has 1 aromatic carbocycles. The number of fused-ring (bicyclic) bond motifs is 1. The van der Waals surface area contributed by atoms with Crippen LogP contribution in [0.15, 0.2) is 30.0 Å². The molecule has 0 saturated heterocycles. The second-order valence-corrected chi connectivity index (χ2v) is 3.80. The quantitative estimate of drug-likeness (QED) is 0.443. The zero-order valence-corrected chi connectivity index (χ0v) is 8.89. The summed E-state index contributed by atoms with van der Waals surface area (Å²) in [6.07, 6.45) is -1.10. The summed E-state index contributed by atoms with van der Waals surface area (Å²) < 4.78 is 0. The van der Waals surface area contributed by atoms with Crippen molar-refractivity contribution in [3.63, 3.8) is 0 Å². The summed E-state index contributed by atoms with van der Waals surface area (Å²) >= 11 is 0. The molecule has 8 heteroatoms. The molecule has 2 rings (SSSR count). The molecule has 0 heterocycles. The molecule has 1 aliphatic carbocycles. The molecule has 0 fully saturated rings. The minimum Gasteiger partial charge on any atom is -0.378 e. The first-order valence-corrected chi connectivity index (χ1v) is 4.89. The van der Waals surface area contributed by atoms with Crippen LogP contribution in [0.5, 0.6) is 0 Å². The number of benzene rings is 1. The third-order valence-electron chi connectivity index (χ3n) is 2.82. The van der Waals surface area contributed by atoms with Gasteiger partial charge in [0.2, 0.25) is 0 Å². The Labute approximate surface area is 100 Å². The third kappa shape index (κ3) is 1.47. The molecule has 0 amide bonds. The van der Waals surface area contributed by atoms with Gasteiger partial charge in [-0.15, -0.1) is 0 Å². The summed E-state index contributed by atoms with van der Waals surface area (Å²) in [4.78, 5) is 19.3. The molecule has 2 N–H and O–H groups in total. The van der Waals surface area contributed by atoms with E-state index in [2.05, 4.69) is 0 Å². The van der Waals surface area contributed by atoms with Crippen molar-refractivity contribution in [1.29, 1.82) is 0 Å². The van der Waals surface area contributed by atoms with Gasteiger partial charge in [0.25, 0.3) is 0 Å². The monoisotopic (exact) mass is 252 g/mol. The largest absolute Gasteiger partial charge is 0.442 e. The lowest BCUT2D eigenvalue weighted by Crippen LogP contribution is -2.49. The van der Waals surface area contributed by atoms with Crippen LogP contribution in [0.4, 0.5) is 0 Å². The Kier molecular flexibility index (Phi) is 2.60. The molecule has 0 aliphatic heterocycles. The molecule has 0 radical (unpaired) electrons. The number of aliphatic hydroxyl groups excluding tert-OH is 1. The Balaban J connectivity index is 2.73. The number of hydrogen-bond donors (Lipinski definition) is 2. The van der Waals surface area contributed by atoms with Crippen LogP contribution in [0.2, 0.25) is 0 Å². The van der Waals surface area contributed by atoms with E-state index in [0.717, 1.165) is 6.08 Å². The van der Waals surface area contributed by atoms with Crippen molar-refractivity contribution in [2.75, 3.05) is 0 Å². The molecule has 18 heavy (non-hydrogen) atoms. The second kappa shape index (κ2) is 3.86. The van der Waals surface area contributed by atoms with Crippen LogP contribution in [-0.2, 0) is 0 Å². The van der Waals surface area contributed by atoms with Gasteiger partial charge >= 0.3 is 11.4 Å². The molecule has 1 aliphatic rings. The Morgan fingerprint density at radius 2 is 1.83 bits per heavy atom. The van der Waals surface area contributed by atoms with Crippen molar-refractivity contribution >= 4 is 6.08 Å². The summed E-state index contributed by atoms with van der Waals surface area (Å²) in [6, 6.07) is 5.90. The molecule has 94 valence electrons. The van der Waals surface area contributed by atoms with Crippen LogP contribution in [-0.4, -0.2) is 25.8 Å². The van der Waals surface area contributed by atoms with Crippen molar-refractivity contribution in [2.24, 2.45) is 0 Å². The van der Waals surface area contributed by atoms with Gasteiger partial charge < -0.3 is 10.2 Å². The average molecular weight is 252 g/mol. The summed E-state index contributed by atoms with van der Waals surface area (Å²) in [5.41, 5.74) is -3.86. The van der Waals surface area contributed by atoms with Crippen LogP contribution in [0.1, 0.15) is 17.2 Å². The van der Waals surface area contributed by atoms with E-state index in [1.807, 2.05) is 0 Å². The summed E-state index contributed by atoms with van der Waals surface area (Å²) in [5, 5.41) is 41.3. The molecule has 0 bridgehead atoms. The Hall–Kier alpha value is -2.32. The lowest BCUT2D eigenvalue weighted by Gasteiger charge is -2.26. The van der Waals surface area contributed by atoms with Gasteiger partial charge in [-0.05, 0) is 11.1 Å². The topological polar surface area (TPSA) is 127 Å². The van der Waals surface area contributed by atoms with Gasteiger partial charge in [0, 0.05) is 6.08 Å². The molecule has 8 nitrogen and oxygen atoms in total. The zero-order chi connectivity index (χ0) is 13.5. The SMILES string of the molecule is O=[N+]([O-])C1=Cc2ccccc2C(O)C1(O)[N+](=O)[O-]. The minimum absolute atomic E-state index is 0.0716. The summed E-state index contributed by atoms with van der Waals surface area (Å²) in [6.45, 7) is 0. The second-order valence-electron chi connectivity index (χ2n) is 3.80. The van der Waals surface area contributed by atoms with Crippen molar-refractivity contribution in [2.45, 2.75) is 11.8 Å². The van der Waals surface area contributed by atoms with E-state index in [9.17, 15) is 30.4 Å². The summed E-state index contributed by atoms with van der Waals surface area (Å²) in [7, 11) is 0. The predicted octanol–water partition coefficient (Wildman–Crippen LogP) is 0.316. The van der Waals surface area contributed by atoms with E-state index < -0.39 is 27.4 Å². The van der Waals surface area contributed by atoms with Gasteiger partial charge in [-0.2, -0.15) is 0 Å². The average Bonchev–Trinajstić information content (AvgIpc) is 2.33. The fourth-order valence-electron chi connectivity index (χ4n) is 1.88. The molecular weight excluding hydrogens is 244 g/mol. The van der Waals surface area contributed by atoms with Crippen LogP contribution < -0.4 is 0 Å². The van der Waals surface area contributed by atoms with Gasteiger partial charge in [-0.1, -0.05) is 24.3 Å². The first-order valence-electron chi connectivity index (χ1n) is 4.89. The van der Waals surface area contributed by atoms with Gasteiger partial charge in [0.15, 0.2) is 6.10 Å². The van der Waals surface area contributed by atoms with Gasteiger partial charge in [-0.3, -0.25) is 20.2 Å². The number of rotatable bonds is 2. The maximum Gasteiger partial charge on any atom is 0.442 e. The number of nitro groups is 2. The molecule has 0 aromatic heterocycles. The fourth-order valence-corrected chi connectivity index (χ4v) is 1.88. The number of hydrogen-bond acceptors (Lipinski definition) is 6. The fraction of sp³-hybridized carbons (Fsp3) is 0.200. The predicted molar refractivity (Wildman–Crippen MR) is 58.3 cm³/mol. The first-order chi connectivity index (χ1) is 8.39. The standard InChI is InChI=1S/C10H8N2O6/c13-9-7-4-2-1-3-6(7)5-8(11(15)16)10(9,14)12(17)18/h1-5,9,13-14H. The minimum atomic E-state index is -3.14. The van der Waals surface area contributed by atoms with E-state index in [0.29, 0.717) is 0 Å². The molecular formula is C10H8N2O6. The molecule has 0 spiro atoms. The molecule has 2 atom stereocenters. The highest BCUT2D eigenvalue weighted by molar-refractivity contribution is 5.61. The molecule has 0 saturated carbocycles. The highest BCUT2D eigenvalue weighted by Gasteiger charge is 2.62. The number of aliphatic hydroxyl groups is 2. The van der Waals surface area contributed by atoms with Gasteiger partial charge in [0.05, 0.1) is 9.85 Å². The Bertz CT molecular complexity index is 569. The summed E-state index contributed by atoms with van der Waals surface area (Å²) in [5.74, 6) is 0. The highest BCUT2D eigenvalue weighted by Crippen LogP contribution is 2.40. The van der Waals surface area contributed by atoms with E-state index in [1.54, 1.807) is 6.07 Å². The van der Waals surface area contributed by atoms with E-state index >= 15 is 0 Å². The van der Waals surface area contributed by atoms with Gasteiger partial charge in [-0.25, -0.2) is 0 Å². The normalized spacial score (nSPS) is 26.1. The van der Waals surface area contributed by atoms with E-state index in [-0.39, 0.29) is 11.1 Å². The van der Waals surface area contributed by atoms with Crippen LogP contribution in [0.25, 0.3) is 6.08 Å². The number of nitrogens with zero attached hydrogens (tertiary/aromatic N) is 2. The van der Waals surface area contributed by atoms with Crippen molar-refractivity contribution in [3.05, 3.63) is 61.3 Å². The van der Waals surface area contributed by atoms with Gasteiger partial charge in [0.1, 0.15) is 0 Å².